The first kappa shape index (κ1) is 14.9. The SMILES string of the molecule is O=C(O)c1cnc(Sc2ccc(F)cc2F)c([N+](=O)[O-])c1. The fraction of sp³-hybridized carbons (Fsp3) is 0. The molecule has 21 heavy (non-hydrogen) atoms. The van der Waals surface area contributed by atoms with Crippen LogP contribution < -0.4 is 0 Å². The Morgan fingerprint density at radius 1 is 1.33 bits per heavy atom. The van der Waals surface area contributed by atoms with E-state index < -0.39 is 28.2 Å². The minimum absolute atomic E-state index is 0.0601. The van der Waals surface area contributed by atoms with Gasteiger partial charge in [0.05, 0.1) is 10.5 Å². The van der Waals surface area contributed by atoms with Gasteiger partial charge in [-0.2, -0.15) is 0 Å². The highest BCUT2D eigenvalue weighted by Gasteiger charge is 2.21. The third-order valence-electron chi connectivity index (χ3n) is 2.38. The predicted octanol–water partition coefficient (Wildman–Crippen LogP) is 3.12. The average Bonchev–Trinajstić information content (AvgIpc) is 2.41. The van der Waals surface area contributed by atoms with E-state index in [1.807, 2.05) is 0 Å². The number of pyridine rings is 1. The zero-order valence-electron chi connectivity index (χ0n) is 10.1. The topological polar surface area (TPSA) is 93.3 Å². The van der Waals surface area contributed by atoms with Crippen molar-refractivity contribution in [2.75, 3.05) is 0 Å². The maximum absolute atomic E-state index is 13.5. The summed E-state index contributed by atoms with van der Waals surface area (Å²) in [4.78, 5) is 24.5. The number of aromatic carboxylic acids is 1. The van der Waals surface area contributed by atoms with Crippen molar-refractivity contribution in [1.82, 2.24) is 4.98 Å². The maximum Gasteiger partial charge on any atom is 0.337 e. The molecule has 0 spiro atoms. The molecule has 0 aliphatic carbocycles. The van der Waals surface area contributed by atoms with Crippen molar-refractivity contribution >= 4 is 23.4 Å². The molecule has 6 nitrogen and oxygen atoms in total. The van der Waals surface area contributed by atoms with E-state index >= 15 is 0 Å². The summed E-state index contributed by atoms with van der Waals surface area (Å²) in [6, 6.07) is 3.59. The van der Waals surface area contributed by atoms with Crippen LogP contribution in [0, 0.1) is 21.7 Å². The second kappa shape index (κ2) is 5.83. The third kappa shape index (κ3) is 3.31. The molecule has 1 aromatic carbocycles. The number of carboxylic acid groups (broad SMARTS) is 1. The van der Waals surface area contributed by atoms with Crippen LogP contribution in [-0.4, -0.2) is 21.0 Å². The largest absolute Gasteiger partial charge is 0.478 e. The first-order chi connectivity index (χ1) is 9.88. The lowest BCUT2D eigenvalue weighted by Crippen LogP contribution is -2.01. The van der Waals surface area contributed by atoms with E-state index in [2.05, 4.69) is 4.98 Å². The Balaban J connectivity index is 2.44. The molecule has 0 fully saturated rings. The molecule has 1 heterocycles. The van der Waals surface area contributed by atoms with Gasteiger partial charge in [-0.1, -0.05) is 11.8 Å². The number of carboxylic acids is 1. The molecular weight excluding hydrogens is 306 g/mol. The molecule has 108 valence electrons. The Kier molecular flexibility index (Phi) is 4.13. The van der Waals surface area contributed by atoms with Gasteiger partial charge in [-0.25, -0.2) is 18.6 Å². The Morgan fingerprint density at radius 3 is 2.62 bits per heavy atom. The van der Waals surface area contributed by atoms with Crippen molar-refractivity contribution in [1.29, 1.82) is 0 Å². The number of halogens is 2. The van der Waals surface area contributed by atoms with Gasteiger partial charge in [0.2, 0.25) is 0 Å². The van der Waals surface area contributed by atoms with Gasteiger partial charge < -0.3 is 5.11 Å². The molecule has 2 rings (SSSR count). The lowest BCUT2D eigenvalue weighted by Gasteiger charge is -2.04. The van der Waals surface area contributed by atoms with Gasteiger partial charge in [-0.3, -0.25) is 10.1 Å². The highest BCUT2D eigenvalue weighted by Crippen LogP contribution is 2.34. The van der Waals surface area contributed by atoms with E-state index in [0.29, 0.717) is 17.8 Å². The van der Waals surface area contributed by atoms with Crippen LogP contribution in [0.5, 0.6) is 0 Å². The first-order valence-electron chi connectivity index (χ1n) is 5.39. The summed E-state index contributed by atoms with van der Waals surface area (Å²) in [6.07, 6.45) is 0.930. The highest BCUT2D eigenvalue weighted by molar-refractivity contribution is 7.99. The van der Waals surface area contributed by atoms with Crippen LogP contribution in [0.25, 0.3) is 0 Å². The van der Waals surface area contributed by atoms with Crippen LogP contribution in [0.2, 0.25) is 0 Å². The molecule has 0 saturated carbocycles. The molecule has 0 aliphatic rings. The number of hydrogen-bond donors (Lipinski definition) is 1. The van der Waals surface area contributed by atoms with E-state index in [0.717, 1.165) is 24.4 Å². The summed E-state index contributed by atoms with van der Waals surface area (Å²) < 4.78 is 26.3. The number of aromatic nitrogens is 1. The number of nitrogens with zero attached hydrogens (tertiary/aromatic N) is 2. The standard InChI is InChI=1S/C12H6F2N2O4S/c13-7-1-2-10(8(14)4-7)21-11-9(16(19)20)3-6(5-15-11)12(17)18/h1-5H,(H,17,18). The van der Waals surface area contributed by atoms with Gasteiger partial charge in [0, 0.05) is 23.2 Å². The van der Waals surface area contributed by atoms with E-state index in [4.69, 9.17) is 5.11 Å². The van der Waals surface area contributed by atoms with Gasteiger partial charge in [0.1, 0.15) is 11.6 Å². The maximum atomic E-state index is 13.5. The van der Waals surface area contributed by atoms with Crippen LogP contribution >= 0.6 is 11.8 Å². The van der Waals surface area contributed by atoms with Crippen LogP contribution in [0.3, 0.4) is 0 Å². The van der Waals surface area contributed by atoms with E-state index in [1.54, 1.807) is 0 Å². The molecular formula is C12H6F2N2O4S. The summed E-state index contributed by atoms with van der Waals surface area (Å²) in [7, 11) is 0. The zero-order chi connectivity index (χ0) is 15.6. The summed E-state index contributed by atoms with van der Waals surface area (Å²) in [5, 5.41) is 19.5. The Labute approximate surface area is 120 Å². The van der Waals surface area contributed by atoms with Gasteiger partial charge >= 0.3 is 11.7 Å². The molecule has 2 aromatic rings. The third-order valence-corrected chi connectivity index (χ3v) is 3.44. The van der Waals surface area contributed by atoms with Gasteiger partial charge in [-0.05, 0) is 12.1 Å². The summed E-state index contributed by atoms with van der Waals surface area (Å²) in [5.41, 5.74) is -0.922. The second-order valence-corrected chi connectivity index (χ2v) is 4.82. The minimum atomic E-state index is -1.37. The van der Waals surface area contributed by atoms with Gasteiger partial charge in [0.15, 0.2) is 5.03 Å². The fourth-order valence-corrected chi connectivity index (χ4v) is 2.27. The number of rotatable bonds is 4. The average molecular weight is 312 g/mol. The van der Waals surface area contributed by atoms with Crippen molar-refractivity contribution in [3.8, 4) is 0 Å². The van der Waals surface area contributed by atoms with E-state index in [1.165, 1.54) is 0 Å². The van der Waals surface area contributed by atoms with Crippen molar-refractivity contribution in [2.45, 2.75) is 9.92 Å². The smallest absolute Gasteiger partial charge is 0.337 e. The van der Waals surface area contributed by atoms with Gasteiger partial charge in [-0.15, -0.1) is 0 Å². The van der Waals surface area contributed by atoms with Crippen LogP contribution in [0.1, 0.15) is 10.4 Å². The summed E-state index contributed by atoms with van der Waals surface area (Å²) in [6.45, 7) is 0. The quantitative estimate of drug-likeness (QED) is 0.688. The number of hydrogen-bond acceptors (Lipinski definition) is 5. The molecule has 1 N–H and O–H groups in total. The normalized spacial score (nSPS) is 10.4. The molecule has 0 radical (unpaired) electrons. The molecule has 0 saturated heterocycles. The lowest BCUT2D eigenvalue weighted by atomic mass is 10.3. The van der Waals surface area contributed by atoms with Crippen LogP contribution in [0.4, 0.5) is 14.5 Å². The monoisotopic (exact) mass is 312 g/mol. The van der Waals surface area contributed by atoms with Crippen LogP contribution in [0.15, 0.2) is 40.4 Å². The van der Waals surface area contributed by atoms with E-state index in [9.17, 15) is 23.7 Å². The predicted molar refractivity (Wildman–Crippen MR) is 68.3 cm³/mol. The molecule has 0 amide bonds. The van der Waals surface area contributed by atoms with Crippen molar-refractivity contribution in [3.05, 3.63) is 57.8 Å². The Hall–Kier alpha value is -2.55. The number of nitro groups is 1. The van der Waals surface area contributed by atoms with Crippen LogP contribution in [-0.2, 0) is 0 Å². The van der Waals surface area contributed by atoms with E-state index in [-0.39, 0.29) is 15.5 Å². The van der Waals surface area contributed by atoms with Gasteiger partial charge in [0.25, 0.3) is 0 Å². The molecule has 0 bridgehead atoms. The first-order valence-corrected chi connectivity index (χ1v) is 6.21. The molecule has 0 unspecified atom stereocenters. The molecule has 0 aliphatic heterocycles. The number of benzene rings is 1. The molecule has 1 aromatic heterocycles. The zero-order valence-corrected chi connectivity index (χ0v) is 10.9. The highest BCUT2D eigenvalue weighted by atomic mass is 32.2. The van der Waals surface area contributed by atoms with Crippen molar-refractivity contribution in [3.63, 3.8) is 0 Å². The second-order valence-electron chi connectivity index (χ2n) is 3.79. The van der Waals surface area contributed by atoms with Crippen molar-refractivity contribution < 1.29 is 23.6 Å². The number of carbonyl (C=O) groups is 1. The Bertz CT molecular complexity index is 739. The molecule has 0 atom stereocenters. The minimum Gasteiger partial charge on any atom is -0.478 e. The summed E-state index contributed by atoms with van der Waals surface area (Å²) >= 11 is 0.611. The van der Waals surface area contributed by atoms with Crippen molar-refractivity contribution in [2.24, 2.45) is 0 Å². The molecule has 9 heteroatoms. The lowest BCUT2D eigenvalue weighted by molar-refractivity contribution is -0.388. The summed E-state index contributed by atoms with van der Waals surface area (Å²) in [5.74, 6) is -3.03. The Morgan fingerprint density at radius 2 is 2.05 bits per heavy atom. The fourth-order valence-electron chi connectivity index (χ4n) is 1.43.